The summed E-state index contributed by atoms with van der Waals surface area (Å²) in [5, 5.41) is 10.7. The second kappa shape index (κ2) is 6.71. The first kappa shape index (κ1) is 16.3. The Morgan fingerprint density at radius 2 is 1.64 bits per heavy atom. The van der Waals surface area contributed by atoms with Gasteiger partial charge >= 0.3 is 0 Å². The van der Waals surface area contributed by atoms with Crippen molar-refractivity contribution in [2.24, 2.45) is 0 Å². The molecule has 0 unspecified atom stereocenters. The van der Waals surface area contributed by atoms with Gasteiger partial charge in [0, 0.05) is 5.56 Å². The number of benzene rings is 1. The topological polar surface area (TPSA) is 107 Å². The molecule has 4 aromatic heterocycles. The van der Waals surface area contributed by atoms with Crippen LogP contribution in [0.4, 0.5) is 5.13 Å². The molecule has 0 radical (unpaired) electrons. The van der Waals surface area contributed by atoms with Crippen molar-refractivity contribution < 1.29 is 13.6 Å². The molecule has 1 N–H and O–H groups in total. The molecule has 0 saturated carbocycles. The van der Waals surface area contributed by atoms with Crippen molar-refractivity contribution >= 4 is 33.4 Å². The first-order chi connectivity index (χ1) is 13.8. The Morgan fingerprint density at radius 3 is 2.25 bits per heavy atom. The van der Waals surface area contributed by atoms with Gasteiger partial charge < -0.3 is 8.83 Å². The molecule has 0 aliphatic heterocycles. The molecule has 136 valence electrons. The molecular formula is C19H11N5O3S. The van der Waals surface area contributed by atoms with Gasteiger partial charge in [-0.1, -0.05) is 11.3 Å². The fourth-order valence-electron chi connectivity index (χ4n) is 2.76. The predicted octanol–water partition coefficient (Wildman–Crippen LogP) is 4.25. The highest BCUT2D eigenvalue weighted by Crippen LogP contribution is 2.31. The number of fused-ring (bicyclic) bond motifs is 1. The smallest absolute Gasteiger partial charge is 0.257 e. The number of carbonyl (C=O) groups excluding carboxylic acids is 1. The molecule has 0 saturated heterocycles. The summed E-state index contributed by atoms with van der Waals surface area (Å²) in [5.41, 5.74) is 4.29. The molecule has 1 aromatic carbocycles. The van der Waals surface area contributed by atoms with Gasteiger partial charge in [0.2, 0.25) is 5.13 Å². The third-order valence-electron chi connectivity index (χ3n) is 4.02. The standard InChI is InChI=1S/C19H11N5O3S/c25-18(23-19-24-20-10-28-19)11-5-6-12-13(9-11)22-17(15-4-2-8-27-15)16(21-12)14-3-1-7-26-14/h1-10H,(H,23,24,25). The Hall–Kier alpha value is -3.85. The van der Waals surface area contributed by atoms with Gasteiger partial charge in [-0.25, -0.2) is 9.97 Å². The second-order valence-corrected chi connectivity index (χ2v) is 6.61. The van der Waals surface area contributed by atoms with Crippen LogP contribution in [0.1, 0.15) is 10.4 Å². The van der Waals surface area contributed by atoms with Gasteiger partial charge in [0.05, 0.1) is 23.6 Å². The molecule has 0 aliphatic rings. The lowest BCUT2D eigenvalue weighted by Gasteiger charge is -2.08. The maximum atomic E-state index is 12.5. The molecule has 0 bridgehead atoms. The zero-order chi connectivity index (χ0) is 18.9. The number of nitrogens with one attached hydrogen (secondary N) is 1. The zero-order valence-electron chi connectivity index (χ0n) is 14.2. The average molecular weight is 389 g/mol. The number of amides is 1. The predicted molar refractivity (Wildman–Crippen MR) is 103 cm³/mol. The van der Waals surface area contributed by atoms with E-state index in [1.54, 1.807) is 54.4 Å². The van der Waals surface area contributed by atoms with Crippen LogP contribution in [0, 0.1) is 0 Å². The summed E-state index contributed by atoms with van der Waals surface area (Å²) in [7, 11) is 0. The van der Waals surface area contributed by atoms with Crippen molar-refractivity contribution in [1.29, 1.82) is 0 Å². The molecule has 1 amide bonds. The number of aromatic nitrogens is 4. The minimum absolute atomic E-state index is 0.296. The third kappa shape index (κ3) is 2.93. The van der Waals surface area contributed by atoms with E-state index in [1.807, 2.05) is 6.07 Å². The SMILES string of the molecule is O=C(Nc1nncs1)c1ccc2nc(-c3ccco3)c(-c3ccco3)nc2c1. The van der Waals surface area contributed by atoms with Crippen molar-refractivity contribution in [1.82, 2.24) is 20.2 Å². The van der Waals surface area contributed by atoms with Crippen LogP contribution in [0.25, 0.3) is 33.9 Å². The van der Waals surface area contributed by atoms with E-state index in [9.17, 15) is 4.79 Å². The first-order valence-corrected chi connectivity index (χ1v) is 9.13. The summed E-state index contributed by atoms with van der Waals surface area (Å²) in [6, 6.07) is 12.3. The Bertz CT molecular complexity index is 1250. The van der Waals surface area contributed by atoms with E-state index in [-0.39, 0.29) is 5.91 Å². The van der Waals surface area contributed by atoms with E-state index in [4.69, 9.17) is 13.8 Å². The Morgan fingerprint density at radius 1 is 0.929 bits per heavy atom. The van der Waals surface area contributed by atoms with Crippen LogP contribution in [-0.2, 0) is 0 Å². The van der Waals surface area contributed by atoms with Crippen LogP contribution in [0.5, 0.6) is 0 Å². The third-order valence-corrected chi connectivity index (χ3v) is 4.62. The van der Waals surface area contributed by atoms with Gasteiger partial charge in [0.15, 0.2) is 11.5 Å². The van der Waals surface area contributed by atoms with Crippen LogP contribution in [-0.4, -0.2) is 26.1 Å². The zero-order valence-corrected chi connectivity index (χ0v) is 15.0. The number of nitrogens with zero attached hydrogens (tertiary/aromatic N) is 4. The van der Waals surface area contributed by atoms with Gasteiger partial charge in [0.1, 0.15) is 16.9 Å². The normalized spacial score (nSPS) is 11.0. The Labute approximate surface area is 161 Å². The lowest BCUT2D eigenvalue weighted by atomic mass is 10.1. The summed E-state index contributed by atoms with van der Waals surface area (Å²) >= 11 is 1.25. The number of hydrogen-bond acceptors (Lipinski definition) is 8. The summed E-state index contributed by atoms with van der Waals surface area (Å²) in [5.74, 6) is 0.846. The second-order valence-electron chi connectivity index (χ2n) is 5.78. The van der Waals surface area contributed by atoms with Crippen molar-refractivity contribution in [2.75, 3.05) is 5.32 Å². The van der Waals surface area contributed by atoms with E-state index in [0.29, 0.717) is 44.6 Å². The van der Waals surface area contributed by atoms with E-state index in [1.165, 1.54) is 11.3 Å². The fourth-order valence-corrected chi connectivity index (χ4v) is 3.20. The summed E-state index contributed by atoms with van der Waals surface area (Å²) in [6.07, 6.45) is 3.15. The number of hydrogen-bond donors (Lipinski definition) is 1. The number of furan rings is 2. The molecule has 8 nitrogen and oxygen atoms in total. The van der Waals surface area contributed by atoms with Gasteiger partial charge in [-0.3, -0.25) is 10.1 Å². The van der Waals surface area contributed by atoms with Gasteiger partial charge in [0.25, 0.3) is 5.91 Å². The van der Waals surface area contributed by atoms with E-state index >= 15 is 0 Å². The highest BCUT2D eigenvalue weighted by atomic mass is 32.1. The number of carbonyl (C=O) groups is 1. The molecule has 0 fully saturated rings. The van der Waals surface area contributed by atoms with Gasteiger partial charge in [-0.15, -0.1) is 10.2 Å². The molecular weight excluding hydrogens is 378 g/mol. The molecule has 0 aliphatic carbocycles. The molecule has 5 aromatic rings. The van der Waals surface area contributed by atoms with Crippen molar-refractivity contribution in [2.45, 2.75) is 0 Å². The minimum atomic E-state index is -0.296. The van der Waals surface area contributed by atoms with Crippen LogP contribution >= 0.6 is 11.3 Å². The highest BCUT2D eigenvalue weighted by molar-refractivity contribution is 7.13. The van der Waals surface area contributed by atoms with Crippen molar-refractivity contribution in [3.63, 3.8) is 0 Å². The highest BCUT2D eigenvalue weighted by Gasteiger charge is 2.18. The number of rotatable bonds is 4. The molecule has 4 heterocycles. The van der Waals surface area contributed by atoms with E-state index in [0.717, 1.165) is 0 Å². The summed E-state index contributed by atoms with van der Waals surface area (Å²) in [6.45, 7) is 0. The Balaban J connectivity index is 1.61. The fraction of sp³-hybridized carbons (Fsp3) is 0. The van der Waals surface area contributed by atoms with Crippen LogP contribution in [0.2, 0.25) is 0 Å². The van der Waals surface area contributed by atoms with Gasteiger partial charge in [-0.2, -0.15) is 0 Å². The maximum Gasteiger partial charge on any atom is 0.257 e. The maximum absolute atomic E-state index is 12.5. The monoisotopic (exact) mass is 389 g/mol. The molecule has 28 heavy (non-hydrogen) atoms. The minimum Gasteiger partial charge on any atom is -0.463 e. The van der Waals surface area contributed by atoms with Gasteiger partial charge in [-0.05, 0) is 42.5 Å². The van der Waals surface area contributed by atoms with Crippen LogP contribution < -0.4 is 5.32 Å². The van der Waals surface area contributed by atoms with Crippen molar-refractivity contribution in [3.05, 3.63) is 66.1 Å². The van der Waals surface area contributed by atoms with Crippen LogP contribution in [0.3, 0.4) is 0 Å². The largest absolute Gasteiger partial charge is 0.463 e. The average Bonchev–Trinajstić information content (AvgIpc) is 3.50. The summed E-state index contributed by atoms with van der Waals surface area (Å²) < 4.78 is 11.0. The van der Waals surface area contributed by atoms with Crippen LogP contribution in [0.15, 0.2) is 69.3 Å². The molecule has 0 atom stereocenters. The first-order valence-electron chi connectivity index (χ1n) is 8.25. The lowest BCUT2D eigenvalue weighted by molar-refractivity contribution is 0.102. The lowest BCUT2D eigenvalue weighted by Crippen LogP contribution is -2.11. The molecule has 0 spiro atoms. The van der Waals surface area contributed by atoms with Crippen molar-refractivity contribution in [3.8, 4) is 22.9 Å². The van der Waals surface area contributed by atoms with E-state index in [2.05, 4.69) is 20.5 Å². The summed E-state index contributed by atoms with van der Waals surface area (Å²) in [4.78, 5) is 21.8. The molecule has 5 rings (SSSR count). The molecule has 9 heteroatoms. The number of anilines is 1. The van der Waals surface area contributed by atoms with E-state index < -0.39 is 0 Å². The Kier molecular flexibility index (Phi) is 3.91. The quantitative estimate of drug-likeness (QED) is 0.489.